The molecule has 0 spiro atoms. The predicted molar refractivity (Wildman–Crippen MR) is 77.5 cm³/mol. The third-order valence-corrected chi connectivity index (χ3v) is 4.07. The van der Waals surface area contributed by atoms with E-state index in [1.807, 2.05) is 17.5 Å². The van der Waals surface area contributed by atoms with Gasteiger partial charge in [0.15, 0.2) is 0 Å². The lowest BCUT2D eigenvalue weighted by atomic mass is 10.1. The Morgan fingerprint density at radius 3 is 2.79 bits per heavy atom. The molecule has 0 amide bonds. The average molecular weight is 285 g/mol. The number of carboxylic acid groups (broad SMARTS) is 1. The van der Waals surface area contributed by atoms with Gasteiger partial charge >= 0.3 is 5.97 Å². The molecule has 0 bridgehead atoms. The van der Waals surface area contributed by atoms with Crippen molar-refractivity contribution in [3.05, 3.63) is 22.4 Å². The van der Waals surface area contributed by atoms with Crippen molar-refractivity contribution >= 4 is 17.3 Å². The summed E-state index contributed by atoms with van der Waals surface area (Å²) in [5.74, 6) is -0.729. The molecule has 0 saturated heterocycles. The van der Waals surface area contributed by atoms with Crippen LogP contribution in [0.4, 0.5) is 0 Å². The Kier molecular flexibility index (Phi) is 7.70. The monoisotopic (exact) mass is 285 g/mol. The Labute approximate surface area is 118 Å². The second-order valence-electron chi connectivity index (χ2n) is 4.63. The number of carbonyl (C=O) groups is 1. The van der Waals surface area contributed by atoms with Crippen molar-refractivity contribution in [1.82, 2.24) is 5.32 Å². The largest absolute Gasteiger partial charge is 0.481 e. The van der Waals surface area contributed by atoms with E-state index in [0.29, 0.717) is 0 Å². The van der Waals surface area contributed by atoms with Gasteiger partial charge in [0.05, 0.1) is 0 Å². The lowest BCUT2D eigenvalue weighted by Crippen LogP contribution is -2.34. The molecule has 1 aromatic rings. The number of aliphatic carboxylic acids is 1. The van der Waals surface area contributed by atoms with Gasteiger partial charge in [0.1, 0.15) is 6.10 Å². The van der Waals surface area contributed by atoms with Crippen LogP contribution in [0.2, 0.25) is 0 Å². The van der Waals surface area contributed by atoms with Crippen LogP contribution >= 0.6 is 11.3 Å². The highest BCUT2D eigenvalue weighted by Gasteiger charge is 2.19. The second kappa shape index (κ2) is 9.07. The maximum absolute atomic E-state index is 10.4. The molecular formula is C14H23NO3S. The van der Waals surface area contributed by atoms with Crippen LogP contribution in [0.1, 0.15) is 50.0 Å². The van der Waals surface area contributed by atoms with Crippen LogP contribution < -0.4 is 5.32 Å². The SMILES string of the molecule is CCC(NCCCCCC(=O)O)C(O)c1cccs1. The first-order valence-electron chi connectivity index (χ1n) is 6.81. The number of aliphatic hydroxyl groups is 1. The Morgan fingerprint density at radius 2 is 2.21 bits per heavy atom. The van der Waals surface area contributed by atoms with Gasteiger partial charge in [-0.2, -0.15) is 0 Å². The smallest absolute Gasteiger partial charge is 0.303 e. The summed E-state index contributed by atoms with van der Waals surface area (Å²) in [5.41, 5.74) is 0. The van der Waals surface area contributed by atoms with E-state index in [2.05, 4.69) is 12.2 Å². The quantitative estimate of drug-likeness (QED) is 0.578. The third kappa shape index (κ3) is 6.18. The number of thiophene rings is 1. The minimum absolute atomic E-state index is 0.0677. The fourth-order valence-corrected chi connectivity index (χ4v) is 2.78. The van der Waals surface area contributed by atoms with E-state index >= 15 is 0 Å². The molecular weight excluding hydrogens is 262 g/mol. The fourth-order valence-electron chi connectivity index (χ4n) is 2.00. The van der Waals surface area contributed by atoms with Crippen LogP contribution in [0.5, 0.6) is 0 Å². The maximum atomic E-state index is 10.4. The first-order chi connectivity index (χ1) is 9.15. The van der Waals surface area contributed by atoms with Gasteiger partial charge in [-0.3, -0.25) is 4.79 Å². The lowest BCUT2D eigenvalue weighted by molar-refractivity contribution is -0.137. The van der Waals surface area contributed by atoms with Crippen LogP contribution in [-0.4, -0.2) is 28.8 Å². The molecule has 108 valence electrons. The molecule has 3 N–H and O–H groups in total. The Morgan fingerprint density at radius 1 is 1.42 bits per heavy atom. The minimum Gasteiger partial charge on any atom is -0.481 e. The minimum atomic E-state index is -0.729. The number of aliphatic hydroxyl groups excluding tert-OH is 1. The Hall–Kier alpha value is -0.910. The second-order valence-corrected chi connectivity index (χ2v) is 5.61. The normalized spacial score (nSPS) is 14.2. The topological polar surface area (TPSA) is 69.6 Å². The molecule has 0 radical (unpaired) electrons. The molecule has 5 heteroatoms. The molecule has 0 saturated carbocycles. The number of hydrogen-bond donors (Lipinski definition) is 3. The molecule has 2 atom stereocenters. The van der Waals surface area contributed by atoms with Gasteiger partial charge in [0.25, 0.3) is 0 Å². The van der Waals surface area contributed by atoms with Crippen LogP contribution in [-0.2, 0) is 4.79 Å². The van der Waals surface area contributed by atoms with Crippen LogP contribution in [0.25, 0.3) is 0 Å². The molecule has 1 heterocycles. The Bertz CT molecular complexity index is 354. The molecule has 0 aromatic carbocycles. The lowest BCUT2D eigenvalue weighted by Gasteiger charge is -2.22. The van der Waals surface area contributed by atoms with E-state index in [1.165, 1.54) is 0 Å². The first kappa shape index (κ1) is 16.1. The van der Waals surface area contributed by atoms with Crippen molar-refractivity contribution in [3.8, 4) is 0 Å². The van der Waals surface area contributed by atoms with Crippen molar-refractivity contribution in [3.63, 3.8) is 0 Å². The number of carboxylic acids is 1. The zero-order valence-electron chi connectivity index (χ0n) is 11.3. The average Bonchev–Trinajstić information content (AvgIpc) is 2.91. The standard InChI is InChI=1S/C14H23NO3S/c1-2-11(14(18)12-7-6-10-19-12)15-9-5-3-4-8-13(16)17/h6-7,10-11,14-15,18H,2-5,8-9H2,1H3,(H,16,17). The number of nitrogens with one attached hydrogen (secondary N) is 1. The van der Waals surface area contributed by atoms with Crippen molar-refractivity contribution in [2.24, 2.45) is 0 Å². The van der Waals surface area contributed by atoms with Gasteiger partial charge in [0, 0.05) is 17.3 Å². The van der Waals surface area contributed by atoms with Crippen molar-refractivity contribution in [2.45, 2.75) is 51.2 Å². The summed E-state index contributed by atoms with van der Waals surface area (Å²) >= 11 is 1.57. The fraction of sp³-hybridized carbons (Fsp3) is 0.643. The molecule has 0 aliphatic heterocycles. The van der Waals surface area contributed by atoms with E-state index in [-0.39, 0.29) is 12.5 Å². The zero-order chi connectivity index (χ0) is 14.1. The summed E-state index contributed by atoms with van der Waals surface area (Å²) in [6.45, 7) is 2.87. The summed E-state index contributed by atoms with van der Waals surface area (Å²) in [7, 11) is 0. The van der Waals surface area contributed by atoms with E-state index in [1.54, 1.807) is 11.3 Å². The molecule has 2 unspecified atom stereocenters. The summed E-state index contributed by atoms with van der Waals surface area (Å²) in [4.78, 5) is 11.4. The van der Waals surface area contributed by atoms with Crippen molar-refractivity contribution in [2.75, 3.05) is 6.54 Å². The molecule has 1 aromatic heterocycles. The first-order valence-corrected chi connectivity index (χ1v) is 7.69. The third-order valence-electron chi connectivity index (χ3n) is 3.13. The van der Waals surface area contributed by atoms with E-state index in [0.717, 1.165) is 37.1 Å². The number of hydrogen-bond acceptors (Lipinski definition) is 4. The summed E-state index contributed by atoms with van der Waals surface area (Å²) in [5, 5.41) is 24.1. The van der Waals surface area contributed by atoms with Gasteiger partial charge in [-0.05, 0) is 37.3 Å². The molecule has 0 aliphatic carbocycles. The Balaban J connectivity index is 2.20. The zero-order valence-corrected chi connectivity index (χ0v) is 12.2. The van der Waals surface area contributed by atoms with Crippen LogP contribution in [0.15, 0.2) is 17.5 Å². The molecule has 1 rings (SSSR count). The van der Waals surface area contributed by atoms with Gasteiger partial charge in [-0.25, -0.2) is 0 Å². The highest BCUT2D eigenvalue weighted by Crippen LogP contribution is 2.23. The molecule has 4 nitrogen and oxygen atoms in total. The predicted octanol–water partition coefficient (Wildman–Crippen LogP) is 2.79. The summed E-state index contributed by atoms with van der Waals surface area (Å²) in [6.07, 6.45) is 3.24. The van der Waals surface area contributed by atoms with Gasteiger partial charge < -0.3 is 15.5 Å². The van der Waals surface area contributed by atoms with E-state index < -0.39 is 12.1 Å². The van der Waals surface area contributed by atoms with Crippen LogP contribution in [0.3, 0.4) is 0 Å². The maximum Gasteiger partial charge on any atom is 0.303 e. The number of rotatable bonds is 10. The highest BCUT2D eigenvalue weighted by atomic mass is 32.1. The van der Waals surface area contributed by atoms with Crippen molar-refractivity contribution in [1.29, 1.82) is 0 Å². The van der Waals surface area contributed by atoms with Gasteiger partial charge in [-0.15, -0.1) is 11.3 Å². The van der Waals surface area contributed by atoms with Crippen molar-refractivity contribution < 1.29 is 15.0 Å². The number of unbranched alkanes of at least 4 members (excludes halogenated alkanes) is 2. The van der Waals surface area contributed by atoms with Gasteiger partial charge in [-0.1, -0.05) is 19.4 Å². The highest BCUT2D eigenvalue weighted by molar-refractivity contribution is 7.10. The molecule has 0 fully saturated rings. The summed E-state index contributed by atoms with van der Waals surface area (Å²) in [6, 6.07) is 3.96. The van der Waals surface area contributed by atoms with E-state index in [4.69, 9.17) is 5.11 Å². The summed E-state index contributed by atoms with van der Waals surface area (Å²) < 4.78 is 0. The molecule has 0 aliphatic rings. The van der Waals surface area contributed by atoms with E-state index in [9.17, 15) is 9.90 Å². The van der Waals surface area contributed by atoms with Gasteiger partial charge in [0.2, 0.25) is 0 Å². The van der Waals surface area contributed by atoms with Crippen LogP contribution in [0, 0.1) is 0 Å². The molecule has 19 heavy (non-hydrogen) atoms.